The number of piperidine rings is 1. The molecule has 2 aliphatic rings. The molecule has 0 bridgehead atoms. The standard InChI is InChI=1S/C16H24N8O/c17-16(22-6-8-25-9-7-22)19-10-13-2-1-4-23(11-13)14-15-21-20-12-24(15)5-3-18-14/h3,5,12-13H,1-2,4,6-11H2,(H2,17,19). The molecule has 4 heterocycles. The maximum atomic E-state index is 6.14. The SMILES string of the molecule is NC(=NCC1CCCN(c2nccn3cnnc23)C1)N1CCOCC1. The van der Waals surface area contributed by atoms with E-state index < -0.39 is 0 Å². The van der Waals surface area contributed by atoms with Crippen LogP contribution in [0.15, 0.2) is 23.7 Å². The Kier molecular flexibility index (Phi) is 4.64. The molecule has 2 N–H and O–H groups in total. The zero-order chi connectivity index (χ0) is 17.1. The number of nitrogens with zero attached hydrogens (tertiary/aromatic N) is 7. The molecule has 0 spiro atoms. The molecule has 2 fully saturated rings. The number of ether oxygens (including phenoxy) is 1. The van der Waals surface area contributed by atoms with E-state index in [1.807, 2.05) is 10.6 Å². The number of morpholine rings is 1. The number of rotatable bonds is 3. The molecule has 2 aromatic rings. The molecule has 134 valence electrons. The number of nitrogens with two attached hydrogens (primary N) is 1. The lowest BCUT2D eigenvalue weighted by Crippen LogP contribution is -2.45. The van der Waals surface area contributed by atoms with Gasteiger partial charge < -0.3 is 20.3 Å². The van der Waals surface area contributed by atoms with E-state index in [0.717, 1.165) is 70.2 Å². The number of hydrogen-bond acceptors (Lipinski definition) is 6. The van der Waals surface area contributed by atoms with Crippen LogP contribution < -0.4 is 10.6 Å². The fourth-order valence-corrected chi connectivity index (χ4v) is 3.49. The van der Waals surface area contributed by atoms with Gasteiger partial charge in [-0.25, -0.2) is 4.98 Å². The topological polar surface area (TPSA) is 97.2 Å². The Hall–Kier alpha value is -2.42. The summed E-state index contributed by atoms with van der Waals surface area (Å²) in [5.74, 6) is 2.01. The molecule has 0 radical (unpaired) electrons. The van der Waals surface area contributed by atoms with Gasteiger partial charge in [-0.1, -0.05) is 0 Å². The summed E-state index contributed by atoms with van der Waals surface area (Å²) in [5.41, 5.74) is 6.95. The third-order valence-electron chi connectivity index (χ3n) is 4.86. The van der Waals surface area contributed by atoms with Gasteiger partial charge in [0, 0.05) is 45.1 Å². The van der Waals surface area contributed by atoms with Gasteiger partial charge in [0.05, 0.1) is 13.2 Å². The van der Waals surface area contributed by atoms with Gasteiger partial charge in [-0.3, -0.25) is 9.39 Å². The summed E-state index contributed by atoms with van der Waals surface area (Å²) in [4.78, 5) is 13.6. The van der Waals surface area contributed by atoms with Crippen molar-refractivity contribution in [3.8, 4) is 0 Å². The Morgan fingerprint density at radius 3 is 3.08 bits per heavy atom. The molecule has 9 heteroatoms. The summed E-state index contributed by atoms with van der Waals surface area (Å²) in [6.07, 6.45) is 7.65. The highest BCUT2D eigenvalue weighted by molar-refractivity contribution is 5.78. The van der Waals surface area contributed by atoms with Crippen molar-refractivity contribution in [2.24, 2.45) is 16.6 Å². The highest BCUT2D eigenvalue weighted by Crippen LogP contribution is 2.24. The monoisotopic (exact) mass is 344 g/mol. The summed E-state index contributed by atoms with van der Waals surface area (Å²) in [6, 6.07) is 0. The molecule has 2 aromatic heterocycles. The van der Waals surface area contributed by atoms with Gasteiger partial charge in [0.2, 0.25) is 5.65 Å². The van der Waals surface area contributed by atoms with Gasteiger partial charge in [0.25, 0.3) is 0 Å². The predicted octanol–water partition coefficient (Wildman–Crippen LogP) is -0.0124. The molecule has 2 saturated heterocycles. The number of fused-ring (bicyclic) bond motifs is 1. The molecule has 0 aliphatic carbocycles. The van der Waals surface area contributed by atoms with Crippen LogP contribution in [0.4, 0.5) is 5.82 Å². The normalized spacial score (nSPS) is 22.6. The predicted molar refractivity (Wildman–Crippen MR) is 94.6 cm³/mol. The molecule has 1 unspecified atom stereocenters. The Bertz CT molecular complexity index is 739. The van der Waals surface area contributed by atoms with E-state index in [9.17, 15) is 0 Å². The van der Waals surface area contributed by atoms with Crippen LogP contribution in [0.5, 0.6) is 0 Å². The molecule has 0 aromatic carbocycles. The van der Waals surface area contributed by atoms with E-state index in [-0.39, 0.29) is 0 Å². The van der Waals surface area contributed by atoms with Crippen molar-refractivity contribution in [3.05, 3.63) is 18.7 Å². The Morgan fingerprint density at radius 1 is 1.32 bits per heavy atom. The highest BCUT2D eigenvalue weighted by atomic mass is 16.5. The maximum absolute atomic E-state index is 6.14. The largest absolute Gasteiger partial charge is 0.378 e. The number of anilines is 1. The van der Waals surface area contributed by atoms with Crippen molar-refractivity contribution in [2.45, 2.75) is 12.8 Å². The minimum atomic E-state index is 0.471. The van der Waals surface area contributed by atoms with Crippen LogP contribution in [0, 0.1) is 5.92 Å². The van der Waals surface area contributed by atoms with Gasteiger partial charge >= 0.3 is 0 Å². The zero-order valence-corrected chi connectivity index (χ0v) is 14.3. The summed E-state index contributed by atoms with van der Waals surface area (Å²) < 4.78 is 7.26. The van der Waals surface area contributed by atoms with Gasteiger partial charge in [0.1, 0.15) is 6.33 Å². The second-order valence-corrected chi connectivity index (χ2v) is 6.57. The molecular formula is C16H24N8O. The zero-order valence-electron chi connectivity index (χ0n) is 14.3. The van der Waals surface area contributed by atoms with Crippen LogP contribution in [0.1, 0.15) is 12.8 Å². The van der Waals surface area contributed by atoms with E-state index in [1.54, 1.807) is 12.5 Å². The Balaban J connectivity index is 1.42. The summed E-state index contributed by atoms with van der Waals surface area (Å²) >= 11 is 0. The highest BCUT2D eigenvalue weighted by Gasteiger charge is 2.23. The van der Waals surface area contributed by atoms with Crippen LogP contribution in [0.25, 0.3) is 5.65 Å². The molecule has 0 saturated carbocycles. The first kappa shape index (κ1) is 16.1. The first-order valence-electron chi connectivity index (χ1n) is 8.83. The fourth-order valence-electron chi connectivity index (χ4n) is 3.49. The minimum Gasteiger partial charge on any atom is -0.378 e. The van der Waals surface area contributed by atoms with Crippen molar-refractivity contribution in [1.82, 2.24) is 24.5 Å². The van der Waals surface area contributed by atoms with Crippen molar-refractivity contribution < 1.29 is 4.74 Å². The maximum Gasteiger partial charge on any atom is 0.203 e. The number of guanidine groups is 1. The van der Waals surface area contributed by atoms with Crippen molar-refractivity contribution in [1.29, 1.82) is 0 Å². The second kappa shape index (κ2) is 7.22. The quantitative estimate of drug-likeness (QED) is 0.618. The average Bonchev–Trinajstić information content (AvgIpc) is 3.16. The van der Waals surface area contributed by atoms with E-state index in [1.165, 1.54) is 0 Å². The number of aliphatic imine (C=N–C) groups is 1. The van der Waals surface area contributed by atoms with E-state index in [0.29, 0.717) is 11.9 Å². The molecule has 2 aliphatic heterocycles. The smallest absolute Gasteiger partial charge is 0.203 e. The molecule has 1 atom stereocenters. The third-order valence-corrected chi connectivity index (χ3v) is 4.86. The van der Waals surface area contributed by atoms with Gasteiger partial charge in [-0.15, -0.1) is 10.2 Å². The fraction of sp³-hybridized carbons (Fsp3) is 0.625. The van der Waals surface area contributed by atoms with Crippen LogP contribution in [0.3, 0.4) is 0 Å². The second-order valence-electron chi connectivity index (χ2n) is 6.57. The molecule has 0 amide bonds. The van der Waals surface area contributed by atoms with E-state index in [4.69, 9.17) is 10.5 Å². The lowest BCUT2D eigenvalue weighted by atomic mass is 9.98. The molecule has 9 nitrogen and oxygen atoms in total. The van der Waals surface area contributed by atoms with Gasteiger partial charge in [0.15, 0.2) is 11.8 Å². The van der Waals surface area contributed by atoms with Gasteiger partial charge in [-0.2, -0.15) is 0 Å². The van der Waals surface area contributed by atoms with Crippen LogP contribution >= 0.6 is 0 Å². The van der Waals surface area contributed by atoms with Crippen molar-refractivity contribution in [2.75, 3.05) is 50.8 Å². The Labute approximate surface area is 146 Å². The lowest BCUT2D eigenvalue weighted by molar-refractivity contribution is 0.0674. The van der Waals surface area contributed by atoms with Crippen LogP contribution in [-0.4, -0.2) is 76.4 Å². The van der Waals surface area contributed by atoms with Crippen LogP contribution in [-0.2, 0) is 4.74 Å². The van der Waals surface area contributed by atoms with Crippen molar-refractivity contribution in [3.63, 3.8) is 0 Å². The number of aromatic nitrogens is 4. The number of hydrogen-bond donors (Lipinski definition) is 1. The summed E-state index contributed by atoms with van der Waals surface area (Å²) in [7, 11) is 0. The van der Waals surface area contributed by atoms with E-state index >= 15 is 0 Å². The average molecular weight is 344 g/mol. The molecule has 25 heavy (non-hydrogen) atoms. The first-order valence-corrected chi connectivity index (χ1v) is 8.83. The molecular weight excluding hydrogens is 320 g/mol. The third kappa shape index (κ3) is 3.51. The van der Waals surface area contributed by atoms with Gasteiger partial charge in [-0.05, 0) is 18.8 Å². The first-order chi connectivity index (χ1) is 12.3. The summed E-state index contributed by atoms with van der Waals surface area (Å²) in [6.45, 7) is 5.74. The van der Waals surface area contributed by atoms with Crippen LogP contribution in [0.2, 0.25) is 0 Å². The molecule has 4 rings (SSSR count). The Morgan fingerprint density at radius 2 is 2.20 bits per heavy atom. The lowest BCUT2D eigenvalue weighted by Gasteiger charge is -2.33. The summed E-state index contributed by atoms with van der Waals surface area (Å²) in [5, 5.41) is 8.18. The van der Waals surface area contributed by atoms with Crippen molar-refractivity contribution >= 4 is 17.4 Å². The van der Waals surface area contributed by atoms with E-state index in [2.05, 4.69) is 30.0 Å². The minimum absolute atomic E-state index is 0.471.